The summed E-state index contributed by atoms with van der Waals surface area (Å²) in [5, 5.41) is 15.1. The van der Waals surface area contributed by atoms with Crippen molar-refractivity contribution in [3.63, 3.8) is 0 Å². The molecule has 2 N–H and O–H groups in total. The Bertz CT molecular complexity index is 1430. The molecule has 11 nitrogen and oxygen atoms in total. The van der Waals surface area contributed by atoms with Gasteiger partial charge in [-0.15, -0.1) is 0 Å². The number of amides is 1. The van der Waals surface area contributed by atoms with Gasteiger partial charge in [-0.2, -0.15) is 15.0 Å². The zero-order valence-electron chi connectivity index (χ0n) is 22.9. The van der Waals surface area contributed by atoms with Crippen molar-refractivity contribution in [2.75, 3.05) is 29.7 Å². The standard InChI is InChI=1S/C24H28N8O3/c1-6-16(33)14-10-25-18(28-24(34)13-7-8-13)9-15(14)27-23-22-19(17(35-5)11-26-23)21-20(12(2)31(22)3)29-32(4)30-21/h9-13H,6-8H2,1-5H3,(H2,25,26,27,28,34)/t12-/m1/s1/i1D3. The lowest BCUT2D eigenvalue weighted by Gasteiger charge is -2.34. The number of methoxy groups -OCH3 is 1. The second-order valence-corrected chi connectivity index (χ2v) is 8.71. The number of ketones is 1. The summed E-state index contributed by atoms with van der Waals surface area (Å²) in [6.07, 6.45) is 3.81. The van der Waals surface area contributed by atoms with E-state index in [1.54, 1.807) is 20.4 Å². The summed E-state index contributed by atoms with van der Waals surface area (Å²) in [5.41, 5.74) is 3.12. The number of aromatic nitrogens is 5. The van der Waals surface area contributed by atoms with Crippen molar-refractivity contribution in [1.29, 1.82) is 0 Å². The number of hydrogen-bond acceptors (Lipinski definition) is 9. The van der Waals surface area contributed by atoms with Crippen LogP contribution in [0.4, 0.5) is 23.0 Å². The van der Waals surface area contributed by atoms with Gasteiger partial charge in [-0.05, 0) is 19.8 Å². The van der Waals surface area contributed by atoms with Crippen molar-refractivity contribution in [3.8, 4) is 17.0 Å². The van der Waals surface area contributed by atoms with E-state index in [9.17, 15) is 9.59 Å². The summed E-state index contributed by atoms with van der Waals surface area (Å²) in [6.45, 7) is -0.467. The summed E-state index contributed by atoms with van der Waals surface area (Å²) >= 11 is 0. The van der Waals surface area contributed by atoms with Crippen LogP contribution < -0.4 is 20.3 Å². The number of anilines is 4. The molecule has 0 aromatic carbocycles. The van der Waals surface area contributed by atoms with Crippen LogP contribution in [-0.4, -0.2) is 50.8 Å². The lowest BCUT2D eigenvalue weighted by Crippen LogP contribution is -2.28. The number of carbonyl (C=O) groups is 2. The van der Waals surface area contributed by atoms with E-state index >= 15 is 0 Å². The van der Waals surface area contributed by atoms with Gasteiger partial charge in [-0.1, -0.05) is 6.85 Å². The number of pyridine rings is 2. The van der Waals surface area contributed by atoms with Crippen molar-refractivity contribution in [3.05, 3.63) is 29.7 Å². The van der Waals surface area contributed by atoms with Crippen LogP contribution in [0.3, 0.4) is 0 Å². The Labute approximate surface area is 207 Å². The van der Waals surface area contributed by atoms with Gasteiger partial charge < -0.3 is 20.3 Å². The zero-order valence-corrected chi connectivity index (χ0v) is 19.9. The molecular formula is C24H28N8O3. The maximum atomic E-state index is 13.0. The van der Waals surface area contributed by atoms with Crippen LogP contribution in [0.25, 0.3) is 11.3 Å². The average molecular weight is 480 g/mol. The molecule has 3 aromatic rings. The maximum absolute atomic E-state index is 13.0. The van der Waals surface area contributed by atoms with Crippen molar-refractivity contribution in [2.45, 2.75) is 39.1 Å². The number of nitrogens with one attached hydrogen (secondary N) is 2. The Hall–Kier alpha value is -4.02. The number of fused-ring (bicyclic) bond motifs is 3. The zero-order chi connectivity index (χ0) is 27.4. The number of hydrogen-bond donors (Lipinski definition) is 2. The topological polar surface area (TPSA) is 127 Å². The second kappa shape index (κ2) is 8.64. The predicted molar refractivity (Wildman–Crippen MR) is 131 cm³/mol. The average Bonchev–Trinajstić information content (AvgIpc) is 3.62. The van der Waals surface area contributed by atoms with E-state index in [2.05, 4.69) is 30.8 Å². The van der Waals surface area contributed by atoms with Crippen molar-refractivity contribution in [1.82, 2.24) is 25.0 Å². The number of carbonyl (C=O) groups excluding carboxylic acids is 2. The molecule has 2 aliphatic rings. The highest BCUT2D eigenvalue weighted by Crippen LogP contribution is 2.50. The molecule has 5 rings (SSSR count). The first kappa shape index (κ1) is 19.3. The van der Waals surface area contributed by atoms with Gasteiger partial charge in [0.1, 0.15) is 23.0 Å². The van der Waals surface area contributed by atoms with Gasteiger partial charge in [-0.25, -0.2) is 9.97 Å². The molecule has 182 valence electrons. The molecule has 4 heterocycles. The number of ether oxygens (including phenoxy) is 1. The summed E-state index contributed by atoms with van der Waals surface area (Å²) in [7, 11) is 5.18. The van der Waals surface area contributed by atoms with Gasteiger partial charge >= 0.3 is 0 Å². The van der Waals surface area contributed by atoms with Crippen LogP contribution in [-0.2, 0) is 11.8 Å². The van der Waals surface area contributed by atoms with Crippen LogP contribution in [0, 0.1) is 5.92 Å². The lowest BCUT2D eigenvalue weighted by molar-refractivity contribution is -0.117. The van der Waals surface area contributed by atoms with Crippen LogP contribution in [0.2, 0.25) is 0 Å². The molecule has 0 saturated heterocycles. The molecule has 35 heavy (non-hydrogen) atoms. The second-order valence-electron chi connectivity index (χ2n) is 8.71. The van der Waals surface area contributed by atoms with E-state index in [0.717, 1.165) is 18.5 Å². The highest BCUT2D eigenvalue weighted by molar-refractivity contribution is 6.03. The monoisotopic (exact) mass is 479 g/mol. The van der Waals surface area contributed by atoms with E-state index in [-0.39, 0.29) is 34.9 Å². The fourth-order valence-corrected chi connectivity index (χ4v) is 4.21. The van der Waals surface area contributed by atoms with E-state index in [0.29, 0.717) is 28.5 Å². The molecule has 11 heteroatoms. The minimum absolute atomic E-state index is 0.0448. The fraction of sp³-hybridized carbons (Fsp3) is 0.417. The fourth-order valence-electron chi connectivity index (χ4n) is 4.21. The highest BCUT2D eigenvalue weighted by atomic mass is 16.5. The molecule has 0 spiro atoms. The Morgan fingerprint density at radius 2 is 2.03 bits per heavy atom. The summed E-state index contributed by atoms with van der Waals surface area (Å²) in [4.78, 5) is 37.6. The molecule has 0 unspecified atom stereocenters. The molecule has 1 aliphatic carbocycles. The molecular weight excluding hydrogens is 448 g/mol. The number of rotatable bonds is 7. The Morgan fingerprint density at radius 1 is 1.23 bits per heavy atom. The smallest absolute Gasteiger partial charge is 0.228 e. The quantitative estimate of drug-likeness (QED) is 0.490. The van der Waals surface area contributed by atoms with E-state index in [1.807, 2.05) is 18.9 Å². The molecule has 0 bridgehead atoms. The molecule has 1 amide bonds. The Morgan fingerprint density at radius 3 is 2.74 bits per heavy atom. The van der Waals surface area contributed by atoms with Gasteiger partial charge in [0.15, 0.2) is 11.6 Å². The third kappa shape index (κ3) is 3.96. The van der Waals surface area contributed by atoms with Gasteiger partial charge in [-0.3, -0.25) is 9.59 Å². The minimum Gasteiger partial charge on any atom is -0.494 e. The molecule has 1 saturated carbocycles. The first-order chi connectivity index (χ1) is 18.0. The van der Waals surface area contributed by atoms with Gasteiger partial charge in [0.25, 0.3) is 0 Å². The molecule has 1 fully saturated rings. The van der Waals surface area contributed by atoms with Crippen LogP contribution in [0.5, 0.6) is 5.75 Å². The van der Waals surface area contributed by atoms with Gasteiger partial charge in [0.05, 0.1) is 41.9 Å². The molecule has 3 aromatic heterocycles. The van der Waals surface area contributed by atoms with Crippen molar-refractivity contribution < 1.29 is 18.4 Å². The number of nitrogens with zero attached hydrogens (tertiary/aromatic N) is 6. The summed E-state index contributed by atoms with van der Waals surface area (Å²) in [5.74, 6) is 0.331. The highest BCUT2D eigenvalue weighted by Gasteiger charge is 2.35. The number of aryl methyl sites for hydroxylation is 1. The van der Waals surface area contributed by atoms with Crippen molar-refractivity contribution in [2.24, 2.45) is 13.0 Å². The minimum atomic E-state index is -2.46. The lowest BCUT2D eigenvalue weighted by atomic mass is 9.97. The Kier molecular flexibility index (Phi) is 4.77. The van der Waals surface area contributed by atoms with E-state index < -0.39 is 19.1 Å². The third-order valence-electron chi connectivity index (χ3n) is 6.36. The van der Waals surface area contributed by atoms with Crippen LogP contribution in [0.15, 0.2) is 18.5 Å². The van der Waals surface area contributed by atoms with Gasteiger partial charge in [0.2, 0.25) is 5.91 Å². The summed E-state index contributed by atoms with van der Waals surface area (Å²) < 4.78 is 28.3. The molecule has 0 radical (unpaired) electrons. The predicted octanol–water partition coefficient (Wildman–Crippen LogP) is 3.48. The first-order valence-corrected chi connectivity index (χ1v) is 11.3. The van der Waals surface area contributed by atoms with E-state index in [1.165, 1.54) is 17.1 Å². The largest absolute Gasteiger partial charge is 0.494 e. The number of Topliss-reactive ketones (excluding diaryl/α,β-unsaturated/α-hetero) is 1. The van der Waals surface area contributed by atoms with Crippen molar-refractivity contribution >= 4 is 34.7 Å². The molecule has 1 aliphatic heterocycles. The maximum Gasteiger partial charge on any atom is 0.228 e. The van der Waals surface area contributed by atoms with E-state index in [4.69, 9.17) is 8.85 Å². The van der Waals surface area contributed by atoms with Gasteiger partial charge in [0, 0.05) is 42.8 Å². The van der Waals surface area contributed by atoms with Crippen LogP contribution in [0.1, 0.15) is 59.2 Å². The normalized spacial score (nSPS) is 18.0. The van der Waals surface area contributed by atoms with Crippen LogP contribution >= 0.6 is 0 Å². The SMILES string of the molecule is [2H]C([2H])([2H])CC(=O)c1cnc(NC(=O)C2CC2)cc1Nc1ncc(OC)c2c1N(C)[C@H](C)c1nn(C)nc1-2. The third-order valence-corrected chi connectivity index (χ3v) is 6.36. The molecule has 1 atom stereocenters. The first-order valence-electron chi connectivity index (χ1n) is 12.8. The summed E-state index contributed by atoms with van der Waals surface area (Å²) in [6, 6.07) is 1.37. The Balaban J connectivity index is 1.61.